The van der Waals surface area contributed by atoms with Gasteiger partial charge < -0.3 is 10.2 Å². The maximum atomic E-state index is 3.48. The van der Waals surface area contributed by atoms with Crippen LogP contribution in [-0.4, -0.2) is 61.7 Å². The predicted molar refractivity (Wildman–Crippen MR) is 73.4 cm³/mol. The van der Waals surface area contributed by atoms with E-state index in [1.54, 1.807) is 0 Å². The van der Waals surface area contributed by atoms with Gasteiger partial charge in [-0.2, -0.15) is 0 Å². The highest BCUT2D eigenvalue weighted by molar-refractivity contribution is 4.79. The van der Waals surface area contributed by atoms with Crippen molar-refractivity contribution >= 4 is 0 Å². The number of piperidine rings is 1. The van der Waals surface area contributed by atoms with Gasteiger partial charge >= 0.3 is 0 Å². The first kappa shape index (κ1) is 13.3. The monoisotopic (exact) mass is 239 g/mol. The molecule has 17 heavy (non-hydrogen) atoms. The van der Waals surface area contributed by atoms with Crippen LogP contribution in [0.2, 0.25) is 0 Å². The van der Waals surface area contributed by atoms with Crippen LogP contribution in [0.3, 0.4) is 0 Å². The molecule has 1 N–H and O–H groups in total. The summed E-state index contributed by atoms with van der Waals surface area (Å²) in [6.45, 7) is 13.6. The van der Waals surface area contributed by atoms with E-state index in [4.69, 9.17) is 0 Å². The van der Waals surface area contributed by atoms with E-state index < -0.39 is 0 Å². The number of nitrogens with zero attached hydrogens (tertiary/aromatic N) is 2. The molecule has 0 aliphatic carbocycles. The minimum Gasteiger partial charge on any atom is -0.315 e. The first-order valence-electron chi connectivity index (χ1n) is 7.44. The van der Waals surface area contributed by atoms with Gasteiger partial charge in [-0.25, -0.2) is 0 Å². The second kappa shape index (κ2) is 6.72. The minimum absolute atomic E-state index is 0.786. The summed E-state index contributed by atoms with van der Waals surface area (Å²) in [7, 11) is 0. The first-order chi connectivity index (χ1) is 8.27. The molecule has 3 heteroatoms. The highest BCUT2D eigenvalue weighted by Gasteiger charge is 2.24. The minimum atomic E-state index is 0.786. The molecule has 0 aromatic rings. The third-order valence-electron chi connectivity index (χ3n) is 4.64. The molecule has 2 aliphatic heterocycles. The molecule has 2 fully saturated rings. The molecule has 2 heterocycles. The Labute approximate surface area is 107 Å². The van der Waals surface area contributed by atoms with Gasteiger partial charge in [-0.15, -0.1) is 0 Å². The molecule has 2 aliphatic rings. The van der Waals surface area contributed by atoms with Gasteiger partial charge in [-0.3, -0.25) is 4.90 Å². The molecule has 2 rings (SSSR count). The maximum Gasteiger partial charge on any atom is 0.0112 e. The summed E-state index contributed by atoms with van der Waals surface area (Å²) in [5, 5.41) is 3.48. The average Bonchev–Trinajstić information content (AvgIpc) is 2.59. The molecule has 2 unspecified atom stereocenters. The fourth-order valence-electron chi connectivity index (χ4n) is 3.13. The van der Waals surface area contributed by atoms with Crippen LogP contribution in [0, 0.1) is 5.92 Å². The number of hydrogen-bond acceptors (Lipinski definition) is 3. The van der Waals surface area contributed by atoms with E-state index in [1.165, 1.54) is 65.1 Å². The van der Waals surface area contributed by atoms with Crippen molar-refractivity contribution in [3.63, 3.8) is 0 Å². The van der Waals surface area contributed by atoms with Crippen LogP contribution in [-0.2, 0) is 0 Å². The van der Waals surface area contributed by atoms with Crippen LogP contribution in [0.15, 0.2) is 0 Å². The van der Waals surface area contributed by atoms with Crippen LogP contribution in [0.5, 0.6) is 0 Å². The largest absolute Gasteiger partial charge is 0.315 e. The third kappa shape index (κ3) is 3.94. The Bertz CT molecular complexity index is 212. The highest BCUT2D eigenvalue weighted by atomic mass is 15.2. The third-order valence-corrected chi connectivity index (χ3v) is 4.64. The van der Waals surface area contributed by atoms with E-state index in [0.29, 0.717) is 0 Å². The predicted octanol–water partition coefficient (Wildman–Crippen LogP) is 1.40. The average molecular weight is 239 g/mol. The molecule has 100 valence electrons. The molecule has 0 radical (unpaired) electrons. The summed E-state index contributed by atoms with van der Waals surface area (Å²) in [4.78, 5) is 5.33. The van der Waals surface area contributed by atoms with Gasteiger partial charge in [0.1, 0.15) is 0 Å². The topological polar surface area (TPSA) is 18.5 Å². The molecular formula is C14H29N3. The van der Waals surface area contributed by atoms with Crippen LogP contribution in [0.1, 0.15) is 33.1 Å². The number of rotatable bonds is 3. The van der Waals surface area contributed by atoms with Gasteiger partial charge in [-0.1, -0.05) is 6.92 Å². The van der Waals surface area contributed by atoms with Crippen molar-refractivity contribution in [2.45, 2.75) is 39.2 Å². The summed E-state index contributed by atoms with van der Waals surface area (Å²) < 4.78 is 0. The molecule has 0 aromatic heterocycles. The van der Waals surface area contributed by atoms with Gasteiger partial charge in [0.05, 0.1) is 0 Å². The van der Waals surface area contributed by atoms with Crippen LogP contribution < -0.4 is 5.32 Å². The molecule has 0 amide bonds. The van der Waals surface area contributed by atoms with Crippen molar-refractivity contribution in [2.75, 3.05) is 45.8 Å². The van der Waals surface area contributed by atoms with Crippen molar-refractivity contribution in [1.82, 2.24) is 15.1 Å². The zero-order valence-electron chi connectivity index (χ0n) is 11.6. The summed E-state index contributed by atoms with van der Waals surface area (Å²) >= 11 is 0. The lowest BCUT2D eigenvalue weighted by molar-refractivity contribution is 0.0991. The second-order valence-corrected chi connectivity index (χ2v) is 5.84. The zero-order valence-corrected chi connectivity index (χ0v) is 11.6. The van der Waals surface area contributed by atoms with Crippen LogP contribution in [0.25, 0.3) is 0 Å². The molecule has 2 atom stereocenters. The highest BCUT2D eigenvalue weighted by Crippen LogP contribution is 2.22. The van der Waals surface area contributed by atoms with Crippen molar-refractivity contribution in [3.05, 3.63) is 0 Å². The van der Waals surface area contributed by atoms with E-state index in [0.717, 1.165) is 12.0 Å². The summed E-state index contributed by atoms with van der Waals surface area (Å²) in [6.07, 6.45) is 4.13. The lowest BCUT2D eigenvalue weighted by Crippen LogP contribution is -2.46. The standard InChI is InChI=1S/C14H29N3/c1-13-5-3-9-17(14(13)2)12-11-16-8-4-6-15-7-10-16/h13-15H,3-12H2,1-2H3. The zero-order chi connectivity index (χ0) is 12.1. The smallest absolute Gasteiger partial charge is 0.0112 e. The van der Waals surface area contributed by atoms with Crippen molar-refractivity contribution in [3.8, 4) is 0 Å². The fraction of sp³-hybridized carbons (Fsp3) is 1.00. The summed E-state index contributed by atoms with van der Waals surface area (Å²) in [5.74, 6) is 0.884. The van der Waals surface area contributed by atoms with Gasteiger partial charge in [0.15, 0.2) is 0 Å². The number of nitrogens with one attached hydrogen (secondary N) is 1. The Morgan fingerprint density at radius 2 is 1.88 bits per heavy atom. The van der Waals surface area contributed by atoms with Crippen molar-refractivity contribution in [1.29, 1.82) is 0 Å². The Balaban J connectivity index is 1.72. The van der Waals surface area contributed by atoms with Crippen LogP contribution in [0.4, 0.5) is 0 Å². The fourth-order valence-corrected chi connectivity index (χ4v) is 3.13. The second-order valence-electron chi connectivity index (χ2n) is 5.84. The van der Waals surface area contributed by atoms with Crippen molar-refractivity contribution in [2.24, 2.45) is 5.92 Å². The SMILES string of the molecule is CC1CCCN(CCN2CCCNCC2)C1C. The van der Waals surface area contributed by atoms with E-state index in [1.807, 2.05) is 0 Å². The van der Waals surface area contributed by atoms with E-state index in [9.17, 15) is 0 Å². The first-order valence-corrected chi connectivity index (χ1v) is 7.44. The molecule has 0 bridgehead atoms. The Morgan fingerprint density at radius 3 is 2.76 bits per heavy atom. The summed E-state index contributed by atoms with van der Waals surface area (Å²) in [6, 6.07) is 0.786. The normalized spacial score (nSPS) is 33.5. The molecule has 2 saturated heterocycles. The lowest BCUT2D eigenvalue weighted by atomic mass is 9.92. The van der Waals surface area contributed by atoms with Crippen LogP contribution >= 0.6 is 0 Å². The Morgan fingerprint density at radius 1 is 1.00 bits per heavy atom. The Kier molecular flexibility index (Phi) is 5.26. The Hall–Kier alpha value is -0.120. The van der Waals surface area contributed by atoms with Gasteiger partial charge in [-0.05, 0) is 51.7 Å². The molecule has 0 saturated carbocycles. The van der Waals surface area contributed by atoms with Gasteiger partial charge in [0, 0.05) is 32.2 Å². The maximum absolute atomic E-state index is 3.48. The molecule has 0 aromatic carbocycles. The molecule has 0 spiro atoms. The van der Waals surface area contributed by atoms with E-state index in [-0.39, 0.29) is 0 Å². The quantitative estimate of drug-likeness (QED) is 0.803. The number of hydrogen-bond donors (Lipinski definition) is 1. The van der Waals surface area contributed by atoms with E-state index in [2.05, 4.69) is 29.0 Å². The molecular weight excluding hydrogens is 210 g/mol. The summed E-state index contributed by atoms with van der Waals surface area (Å²) in [5.41, 5.74) is 0. The van der Waals surface area contributed by atoms with Crippen molar-refractivity contribution < 1.29 is 0 Å². The van der Waals surface area contributed by atoms with Gasteiger partial charge in [0.25, 0.3) is 0 Å². The number of likely N-dealkylation sites (tertiary alicyclic amines) is 1. The molecule has 3 nitrogen and oxygen atoms in total. The van der Waals surface area contributed by atoms with E-state index >= 15 is 0 Å². The van der Waals surface area contributed by atoms with Gasteiger partial charge in [0.2, 0.25) is 0 Å². The lowest BCUT2D eigenvalue weighted by Gasteiger charge is -2.38.